The van der Waals surface area contributed by atoms with E-state index >= 15 is 0 Å². The molecule has 3 heterocycles. The first-order valence-electron chi connectivity index (χ1n) is 11.1. The van der Waals surface area contributed by atoms with Gasteiger partial charge in [0.25, 0.3) is 5.91 Å². The van der Waals surface area contributed by atoms with Gasteiger partial charge in [-0.15, -0.1) is 0 Å². The van der Waals surface area contributed by atoms with E-state index in [4.69, 9.17) is 9.15 Å². The number of aromatic nitrogens is 2. The quantitative estimate of drug-likeness (QED) is 0.424. The van der Waals surface area contributed by atoms with E-state index in [9.17, 15) is 9.59 Å². The smallest absolute Gasteiger partial charge is 0.327 e. The molecule has 0 N–H and O–H groups in total. The van der Waals surface area contributed by atoms with Crippen LogP contribution in [0.3, 0.4) is 0 Å². The maximum absolute atomic E-state index is 13.2. The van der Waals surface area contributed by atoms with Crippen molar-refractivity contribution >= 4 is 23.1 Å². The second kappa shape index (κ2) is 9.44. The predicted molar refractivity (Wildman–Crippen MR) is 126 cm³/mol. The number of hydrogen-bond acceptors (Lipinski definition) is 7. The highest BCUT2D eigenvalue weighted by molar-refractivity contribution is 5.95. The fourth-order valence-corrected chi connectivity index (χ4v) is 4.29. The molecular formula is C26H24N4O4. The molecule has 172 valence electrons. The molecule has 0 bridgehead atoms. The summed E-state index contributed by atoms with van der Waals surface area (Å²) in [6.45, 7) is 2.15. The van der Waals surface area contributed by atoms with Gasteiger partial charge in [-0.2, -0.15) is 0 Å². The number of fused-ring (bicyclic) bond motifs is 1. The van der Waals surface area contributed by atoms with Crippen LogP contribution in [0.1, 0.15) is 22.0 Å². The van der Waals surface area contributed by atoms with Crippen LogP contribution in [-0.2, 0) is 9.53 Å². The van der Waals surface area contributed by atoms with Crippen molar-refractivity contribution in [3.8, 4) is 11.5 Å². The minimum Gasteiger partial charge on any atom is -0.468 e. The lowest BCUT2D eigenvalue weighted by atomic mass is 10.0. The molecule has 5 rings (SSSR count). The van der Waals surface area contributed by atoms with Crippen LogP contribution in [0, 0.1) is 0 Å². The van der Waals surface area contributed by atoms with Crippen molar-refractivity contribution in [1.82, 2.24) is 19.8 Å². The van der Waals surface area contributed by atoms with Crippen LogP contribution in [0.2, 0.25) is 0 Å². The van der Waals surface area contributed by atoms with Crippen molar-refractivity contribution < 1.29 is 18.7 Å². The first kappa shape index (κ1) is 21.8. The lowest BCUT2D eigenvalue weighted by Crippen LogP contribution is -2.51. The third-order valence-corrected chi connectivity index (χ3v) is 6.03. The highest BCUT2D eigenvalue weighted by Gasteiger charge is 2.32. The van der Waals surface area contributed by atoms with Gasteiger partial charge in [0.2, 0.25) is 11.6 Å². The van der Waals surface area contributed by atoms with Crippen LogP contribution in [0.25, 0.3) is 22.7 Å². The van der Waals surface area contributed by atoms with E-state index < -0.39 is 6.04 Å². The summed E-state index contributed by atoms with van der Waals surface area (Å²) < 4.78 is 10.8. The van der Waals surface area contributed by atoms with E-state index in [1.165, 1.54) is 7.11 Å². The summed E-state index contributed by atoms with van der Waals surface area (Å²) in [5.41, 5.74) is 3.30. The molecule has 1 saturated heterocycles. The number of hydrogen-bond donors (Lipinski definition) is 0. The van der Waals surface area contributed by atoms with Gasteiger partial charge in [-0.3, -0.25) is 9.69 Å². The molecule has 2 aromatic heterocycles. The zero-order chi connectivity index (χ0) is 23.5. The number of esters is 1. The number of oxazole rings is 1. The molecule has 1 aliphatic rings. The Kier molecular flexibility index (Phi) is 6.05. The van der Waals surface area contributed by atoms with Crippen molar-refractivity contribution in [2.45, 2.75) is 6.04 Å². The molecule has 8 heteroatoms. The predicted octanol–water partition coefficient (Wildman–Crippen LogP) is 3.56. The number of methoxy groups -OCH3 is 1. The van der Waals surface area contributed by atoms with Crippen LogP contribution in [0.15, 0.2) is 77.3 Å². The molecule has 2 aromatic carbocycles. The van der Waals surface area contributed by atoms with Crippen molar-refractivity contribution in [2.24, 2.45) is 0 Å². The van der Waals surface area contributed by atoms with Gasteiger partial charge in [-0.05, 0) is 35.9 Å². The van der Waals surface area contributed by atoms with E-state index in [1.54, 1.807) is 24.4 Å². The van der Waals surface area contributed by atoms with Gasteiger partial charge >= 0.3 is 5.97 Å². The third kappa shape index (κ3) is 4.27. The molecule has 1 amide bonds. The molecule has 8 nitrogen and oxygen atoms in total. The van der Waals surface area contributed by atoms with Crippen LogP contribution in [0.5, 0.6) is 0 Å². The summed E-state index contributed by atoms with van der Waals surface area (Å²) in [7, 11) is 1.40. The van der Waals surface area contributed by atoms with E-state index in [0.29, 0.717) is 48.9 Å². The fourth-order valence-electron chi connectivity index (χ4n) is 4.29. The summed E-state index contributed by atoms with van der Waals surface area (Å²) >= 11 is 0. The Labute approximate surface area is 196 Å². The van der Waals surface area contributed by atoms with Gasteiger partial charge in [-0.25, -0.2) is 14.8 Å². The van der Waals surface area contributed by atoms with E-state index in [2.05, 4.69) is 14.9 Å². The molecule has 1 aliphatic heterocycles. The van der Waals surface area contributed by atoms with E-state index in [-0.39, 0.29) is 11.9 Å². The Hall–Kier alpha value is -4.04. The average Bonchev–Trinajstić information content (AvgIpc) is 3.34. The molecule has 0 radical (unpaired) electrons. The standard InChI is InChI=1S/C26H24N4O4/c1-33-26(32)22(18-7-3-2-4-8-18)29-13-15-30(16-14-29)25(31)20-10-5-9-19(17-20)23-28-21-11-6-12-27-24(21)34-23/h2-12,17,22H,13-16H2,1H3. The maximum atomic E-state index is 13.2. The molecule has 4 aromatic rings. The first-order valence-corrected chi connectivity index (χ1v) is 11.1. The largest absolute Gasteiger partial charge is 0.468 e. The summed E-state index contributed by atoms with van der Waals surface area (Å²) in [5.74, 6) is 0.0634. The molecule has 1 fully saturated rings. The van der Waals surface area contributed by atoms with Gasteiger partial charge in [0, 0.05) is 43.5 Å². The molecule has 0 saturated carbocycles. The SMILES string of the molecule is COC(=O)C(c1ccccc1)N1CCN(C(=O)c2cccc(-c3nc4cccnc4o3)c2)CC1. The van der Waals surface area contributed by atoms with Crippen molar-refractivity contribution in [2.75, 3.05) is 33.3 Å². The number of ether oxygens (including phenoxy) is 1. The summed E-state index contributed by atoms with van der Waals surface area (Å²) in [6.07, 6.45) is 1.65. The Morgan fingerprint density at radius 1 is 0.971 bits per heavy atom. The molecule has 0 aliphatic carbocycles. The number of amides is 1. The highest BCUT2D eigenvalue weighted by Crippen LogP contribution is 2.26. The minimum atomic E-state index is -0.487. The summed E-state index contributed by atoms with van der Waals surface area (Å²) in [4.78, 5) is 38.3. The topological polar surface area (TPSA) is 88.8 Å². The summed E-state index contributed by atoms with van der Waals surface area (Å²) in [6, 6.07) is 20.0. The molecule has 0 spiro atoms. The lowest BCUT2D eigenvalue weighted by Gasteiger charge is -2.38. The number of nitrogens with zero attached hydrogens (tertiary/aromatic N) is 4. The van der Waals surface area contributed by atoms with Crippen LogP contribution < -0.4 is 0 Å². The Bertz CT molecular complexity index is 1280. The van der Waals surface area contributed by atoms with Crippen molar-refractivity contribution in [3.05, 3.63) is 84.1 Å². The number of benzene rings is 2. The Morgan fingerprint density at radius 2 is 1.76 bits per heavy atom. The monoisotopic (exact) mass is 456 g/mol. The zero-order valence-electron chi connectivity index (χ0n) is 18.8. The van der Waals surface area contributed by atoms with Gasteiger partial charge in [-0.1, -0.05) is 36.4 Å². The lowest BCUT2D eigenvalue weighted by molar-refractivity contribution is -0.148. The van der Waals surface area contributed by atoms with E-state index in [0.717, 1.165) is 11.1 Å². The number of rotatable bonds is 5. The first-order chi connectivity index (χ1) is 16.6. The van der Waals surface area contributed by atoms with Gasteiger partial charge in [0.15, 0.2) is 0 Å². The van der Waals surface area contributed by atoms with Gasteiger partial charge in [0.1, 0.15) is 11.6 Å². The minimum absolute atomic E-state index is 0.0648. The van der Waals surface area contributed by atoms with Crippen molar-refractivity contribution in [3.63, 3.8) is 0 Å². The van der Waals surface area contributed by atoms with Gasteiger partial charge in [0.05, 0.1) is 7.11 Å². The van der Waals surface area contributed by atoms with Crippen molar-refractivity contribution in [1.29, 1.82) is 0 Å². The van der Waals surface area contributed by atoms with Crippen LogP contribution in [-0.4, -0.2) is 64.9 Å². The molecule has 1 unspecified atom stereocenters. The molecule has 34 heavy (non-hydrogen) atoms. The Balaban J connectivity index is 1.30. The fraction of sp³-hybridized carbons (Fsp3) is 0.231. The summed E-state index contributed by atoms with van der Waals surface area (Å²) in [5, 5.41) is 0. The number of pyridine rings is 1. The van der Waals surface area contributed by atoms with Crippen LogP contribution in [0.4, 0.5) is 0 Å². The third-order valence-electron chi connectivity index (χ3n) is 6.03. The zero-order valence-corrected chi connectivity index (χ0v) is 18.8. The average molecular weight is 457 g/mol. The molecular weight excluding hydrogens is 432 g/mol. The van der Waals surface area contributed by atoms with Crippen LogP contribution >= 0.6 is 0 Å². The second-order valence-corrected chi connectivity index (χ2v) is 8.09. The Morgan fingerprint density at radius 3 is 2.50 bits per heavy atom. The second-order valence-electron chi connectivity index (χ2n) is 8.09. The number of carbonyl (C=O) groups is 2. The van der Waals surface area contributed by atoms with Gasteiger partial charge < -0.3 is 14.1 Å². The normalized spacial score (nSPS) is 15.3. The maximum Gasteiger partial charge on any atom is 0.327 e. The number of piperazine rings is 1. The van der Waals surface area contributed by atoms with E-state index in [1.807, 2.05) is 53.4 Å². The highest BCUT2D eigenvalue weighted by atomic mass is 16.5. The molecule has 1 atom stereocenters. The number of carbonyl (C=O) groups excluding carboxylic acids is 2.